The Morgan fingerprint density at radius 3 is 1.76 bits per heavy atom. The number of benzene rings is 2. The largest absolute Gasteiger partial charge is 0.508 e. The molecule has 0 fully saturated rings. The number of carbonyl (C=O) groups is 2. The van der Waals surface area contributed by atoms with E-state index in [0.717, 1.165) is 36.2 Å². The Balaban J connectivity index is 0.000000455. The van der Waals surface area contributed by atoms with Gasteiger partial charge in [-0.05, 0) is 45.2 Å². The molecule has 0 spiro atoms. The number of aldehydes is 2. The minimum absolute atomic E-state index is 0.171. The van der Waals surface area contributed by atoms with E-state index in [4.69, 9.17) is 9.84 Å². The smallest absolute Gasteiger partial charge is 0.150 e. The van der Waals surface area contributed by atoms with Crippen molar-refractivity contribution in [1.82, 2.24) is 0 Å². The molecule has 0 heterocycles. The van der Waals surface area contributed by atoms with Crippen molar-refractivity contribution < 1.29 is 19.4 Å². The number of hydrogen-bond donors (Lipinski definition) is 1. The first kappa shape index (κ1) is 26.4. The van der Waals surface area contributed by atoms with Gasteiger partial charge in [-0.3, -0.25) is 9.59 Å². The van der Waals surface area contributed by atoms with Gasteiger partial charge < -0.3 is 9.84 Å². The van der Waals surface area contributed by atoms with Crippen LogP contribution in [0.15, 0.2) is 36.4 Å². The van der Waals surface area contributed by atoms with Crippen molar-refractivity contribution in [3.05, 3.63) is 58.7 Å². The van der Waals surface area contributed by atoms with Crippen LogP contribution in [0.25, 0.3) is 0 Å². The number of hydrogen-bond acceptors (Lipinski definition) is 4. The van der Waals surface area contributed by atoms with Crippen molar-refractivity contribution in [3.8, 4) is 11.5 Å². The normalized spacial score (nSPS) is 10.8. The third kappa shape index (κ3) is 9.93. The first-order chi connectivity index (χ1) is 13.7. The summed E-state index contributed by atoms with van der Waals surface area (Å²) < 4.78 is 5.68. The van der Waals surface area contributed by atoms with Crippen LogP contribution in [0.5, 0.6) is 11.5 Å². The molecule has 4 nitrogen and oxygen atoms in total. The van der Waals surface area contributed by atoms with E-state index in [2.05, 4.69) is 27.7 Å². The van der Waals surface area contributed by atoms with E-state index in [0.29, 0.717) is 16.7 Å². The molecule has 4 heteroatoms. The van der Waals surface area contributed by atoms with Crippen LogP contribution in [0.2, 0.25) is 0 Å². The highest BCUT2D eigenvalue weighted by atomic mass is 16.5. The molecule has 0 bridgehead atoms. The second-order valence-corrected chi connectivity index (χ2v) is 7.34. The Hall–Kier alpha value is -2.62. The summed E-state index contributed by atoms with van der Waals surface area (Å²) in [6.07, 6.45) is 4.05. The lowest BCUT2D eigenvalue weighted by Gasteiger charge is -2.15. The number of aromatic hydroxyl groups is 1. The van der Waals surface area contributed by atoms with Gasteiger partial charge in [0.25, 0.3) is 0 Å². The lowest BCUT2D eigenvalue weighted by atomic mass is 10.1. The molecule has 0 aliphatic heterocycles. The van der Waals surface area contributed by atoms with Crippen molar-refractivity contribution in [3.63, 3.8) is 0 Å². The first-order valence-corrected chi connectivity index (χ1v) is 10.2. The van der Waals surface area contributed by atoms with Crippen molar-refractivity contribution in [2.45, 2.75) is 67.4 Å². The van der Waals surface area contributed by atoms with Crippen LogP contribution in [0, 0.1) is 19.8 Å². The molecule has 2 aromatic rings. The minimum atomic E-state index is 0.171. The maximum Gasteiger partial charge on any atom is 0.150 e. The number of ether oxygens (including phenoxy) is 1. The van der Waals surface area contributed by atoms with Gasteiger partial charge in [-0.2, -0.15) is 0 Å². The summed E-state index contributed by atoms with van der Waals surface area (Å²) in [6.45, 7) is 14.3. The van der Waals surface area contributed by atoms with Gasteiger partial charge in [0.1, 0.15) is 24.1 Å². The van der Waals surface area contributed by atoms with Crippen molar-refractivity contribution in [2.75, 3.05) is 0 Å². The zero-order chi connectivity index (χ0) is 22.4. The fourth-order valence-corrected chi connectivity index (χ4v) is 1.96. The fourth-order valence-electron chi connectivity index (χ4n) is 1.96. The summed E-state index contributed by atoms with van der Waals surface area (Å²) in [5.41, 5.74) is 2.80. The van der Waals surface area contributed by atoms with Gasteiger partial charge in [-0.1, -0.05) is 58.4 Å². The van der Waals surface area contributed by atoms with Crippen LogP contribution < -0.4 is 4.74 Å². The Bertz CT molecular complexity index is 750. The minimum Gasteiger partial charge on any atom is -0.508 e. The number of phenolic OH excluding ortho intramolecular Hbond substituents is 1. The standard InChI is InChI=1S/C12H16O2.C8H8O2.C5H12/c1-4-9(2)14-12-7-5-6-11(8-13)10(12)3;1-6-7(5-9)3-2-4-8(6)10;1-4-5(2)3/h5-9H,4H2,1-3H3;2-5,10H,1H3;5H,4H2,1-3H3. The second kappa shape index (κ2) is 14.4. The molecule has 29 heavy (non-hydrogen) atoms. The lowest BCUT2D eigenvalue weighted by Crippen LogP contribution is -2.10. The van der Waals surface area contributed by atoms with Gasteiger partial charge in [0.2, 0.25) is 0 Å². The quantitative estimate of drug-likeness (QED) is 0.558. The highest BCUT2D eigenvalue weighted by Gasteiger charge is 2.06. The molecule has 0 saturated heterocycles. The summed E-state index contributed by atoms with van der Waals surface area (Å²) in [5.74, 6) is 1.86. The van der Waals surface area contributed by atoms with Gasteiger partial charge in [0.05, 0.1) is 6.10 Å². The predicted octanol–water partition coefficient (Wildman–Crippen LogP) is 6.55. The van der Waals surface area contributed by atoms with Gasteiger partial charge in [-0.15, -0.1) is 0 Å². The molecule has 2 aromatic carbocycles. The summed E-state index contributed by atoms with van der Waals surface area (Å²) >= 11 is 0. The first-order valence-electron chi connectivity index (χ1n) is 10.2. The van der Waals surface area contributed by atoms with Crippen LogP contribution in [0.4, 0.5) is 0 Å². The van der Waals surface area contributed by atoms with E-state index in [9.17, 15) is 9.59 Å². The van der Waals surface area contributed by atoms with E-state index in [1.165, 1.54) is 6.42 Å². The summed E-state index contributed by atoms with van der Waals surface area (Å²) in [5, 5.41) is 9.07. The monoisotopic (exact) mass is 400 g/mol. The molecule has 2 rings (SSSR count). The topological polar surface area (TPSA) is 63.6 Å². The van der Waals surface area contributed by atoms with Crippen molar-refractivity contribution in [2.24, 2.45) is 5.92 Å². The number of rotatable bonds is 6. The molecular formula is C25H36O4. The molecule has 0 radical (unpaired) electrons. The molecule has 160 valence electrons. The van der Waals surface area contributed by atoms with Crippen LogP contribution in [-0.4, -0.2) is 23.8 Å². The van der Waals surface area contributed by atoms with Crippen LogP contribution in [0.3, 0.4) is 0 Å². The van der Waals surface area contributed by atoms with E-state index >= 15 is 0 Å². The Morgan fingerprint density at radius 2 is 1.34 bits per heavy atom. The van der Waals surface area contributed by atoms with Crippen LogP contribution >= 0.6 is 0 Å². The van der Waals surface area contributed by atoms with Gasteiger partial charge in [0, 0.05) is 22.3 Å². The zero-order valence-electron chi connectivity index (χ0n) is 18.9. The van der Waals surface area contributed by atoms with E-state index in [-0.39, 0.29) is 11.9 Å². The average molecular weight is 401 g/mol. The Kier molecular flexibility index (Phi) is 13.1. The Morgan fingerprint density at radius 1 is 0.862 bits per heavy atom. The molecule has 1 N–H and O–H groups in total. The highest BCUT2D eigenvalue weighted by molar-refractivity contribution is 5.78. The van der Waals surface area contributed by atoms with Gasteiger partial charge in [-0.25, -0.2) is 0 Å². The number of carbonyl (C=O) groups excluding carboxylic acids is 2. The number of phenols is 1. The van der Waals surface area contributed by atoms with E-state index < -0.39 is 0 Å². The lowest BCUT2D eigenvalue weighted by molar-refractivity contribution is 0.111. The molecule has 0 amide bonds. The van der Waals surface area contributed by atoms with E-state index in [1.807, 2.05) is 26.0 Å². The van der Waals surface area contributed by atoms with Gasteiger partial charge in [0.15, 0.2) is 0 Å². The predicted molar refractivity (Wildman–Crippen MR) is 120 cm³/mol. The third-order valence-corrected chi connectivity index (χ3v) is 4.65. The summed E-state index contributed by atoms with van der Waals surface area (Å²) in [6, 6.07) is 10.4. The van der Waals surface area contributed by atoms with Crippen molar-refractivity contribution in [1.29, 1.82) is 0 Å². The SMILES string of the molecule is CCC(C)C.CCC(C)Oc1cccc(C=O)c1C.Cc1c(O)cccc1C=O. The molecule has 0 saturated carbocycles. The molecule has 0 aromatic heterocycles. The summed E-state index contributed by atoms with van der Waals surface area (Å²) in [4.78, 5) is 20.9. The maximum atomic E-state index is 10.7. The van der Waals surface area contributed by atoms with Crippen molar-refractivity contribution >= 4 is 12.6 Å². The van der Waals surface area contributed by atoms with E-state index in [1.54, 1.807) is 31.2 Å². The molecule has 1 unspecified atom stereocenters. The second-order valence-electron chi connectivity index (χ2n) is 7.34. The zero-order valence-corrected chi connectivity index (χ0v) is 18.9. The molecule has 0 aliphatic carbocycles. The maximum absolute atomic E-state index is 10.7. The van der Waals surface area contributed by atoms with Crippen LogP contribution in [0.1, 0.15) is 79.3 Å². The molecule has 1 atom stereocenters. The fraction of sp³-hybridized carbons (Fsp3) is 0.440. The Labute approximate surface area is 175 Å². The van der Waals surface area contributed by atoms with Gasteiger partial charge >= 0.3 is 0 Å². The average Bonchev–Trinajstić information content (AvgIpc) is 2.72. The highest BCUT2D eigenvalue weighted by Crippen LogP contribution is 2.21. The molecule has 0 aliphatic rings. The molecular weight excluding hydrogens is 364 g/mol. The summed E-state index contributed by atoms with van der Waals surface area (Å²) in [7, 11) is 0. The third-order valence-electron chi connectivity index (χ3n) is 4.65. The van der Waals surface area contributed by atoms with Crippen LogP contribution in [-0.2, 0) is 0 Å².